The molecule has 0 saturated heterocycles. The van der Waals surface area contributed by atoms with Crippen LogP contribution in [0.1, 0.15) is 159 Å². The molecule has 1 N–H and O–H groups in total. The standard InChI is InChI=1S/C24H42OSi.C18H28O/c1-8-10-11-12-13-14-16-21-17-19-22(20-18-21)23(15-9-2)25-26(6,7)24(3,4)5;1-3-5-6-7-8-9-11-16-12-14-17(15-13-16)18(19)10-4-2/h9,17-20,23H,2,8,10-16H2,1,3-7H3;4,12-15,18-19H,2-3,5-11H2,1H3. The molecule has 0 aliphatic heterocycles. The maximum Gasteiger partial charge on any atom is 0.192 e. The Hall–Kier alpha value is -1.94. The van der Waals surface area contributed by atoms with E-state index in [2.05, 4.69) is 97.3 Å². The Morgan fingerprint density at radius 3 is 1.44 bits per heavy atom. The van der Waals surface area contributed by atoms with Gasteiger partial charge in [0.1, 0.15) is 0 Å². The number of aryl methyl sites for hydroxylation is 2. The van der Waals surface area contributed by atoms with Gasteiger partial charge in [-0.2, -0.15) is 0 Å². The largest absolute Gasteiger partial charge is 0.410 e. The molecule has 0 aliphatic rings. The third-order valence-electron chi connectivity index (χ3n) is 9.37. The van der Waals surface area contributed by atoms with Crippen molar-refractivity contribution >= 4 is 8.32 Å². The normalized spacial score (nSPS) is 13.1. The lowest BCUT2D eigenvalue weighted by Gasteiger charge is -2.39. The molecule has 0 aliphatic carbocycles. The van der Waals surface area contributed by atoms with Crippen LogP contribution in [-0.4, -0.2) is 13.4 Å². The minimum absolute atomic E-state index is 0.136. The monoisotopic (exact) mass is 635 g/mol. The molecule has 0 radical (unpaired) electrons. The smallest absolute Gasteiger partial charge is 0.192 e. The molecule has 2 nitrogen and oxygen atoms in total. The summed E-state index contributed by atoms with van der Waals surface area (Å²) in [6.07, 6.45) is 23.5. The van der Waals surface area contributed by atoms with Gasteiger partial charge >= 0.3 is 0 Å². The van der Waals surface area contributed by atoms with Gasteiger partial charge in [-0.05, 0) is 78.9 Å². The van der Waals surface area contributed by atoms with Crippen LogP contribution in [-0.2, 0) is 17.3 Å². The molecule has 0 spiro atoms. The number of aliphatic hydroxyl groups is 1. The summed E-state index contributed by atoms with van der Waals surface area (Å²) >= 11 is 0. The van der Waals surface area contributed by atoms with Gasteiger partial charge in [-0.3, -0.25) is 0 Å². The number of rotatable bonds is 22. The van der Waals surface area contributed by atoms with E-state index in [1.807, 2.05) is 18.2 Å². The zero-order chi connectivity index (χ0) is 33.6. The Kier molecular flexibility index (Phi) is 21.4. The highest BCUT2D eigenvalue weighted by Crippen LogP contribution is 2.40. The van der Waals surface area contributed by atoms with E-state index in [0.29, 0.717) is 6.42 Å². The molecular formula is C42H70O2Si. The van der Waals surface area contributed by atoms with E-state index in [4.69, 9.17) is 4.43 Å². The fourth-order valence-electron chi connectivity index (χ4n) is 5.25. The second kappa shape index (κ2) is 23.4. The molecule has 0 bridgehead atoms. The van der Waals surface area contributed by atoms with Gasteiger partial charge in [0, 0.05) is 0 Å². The average Bonchev–Trinajstić information content (AvgIpc) is 3.01. The van der Waals surface area contributed by atoms with E-state index in [0.717, 1.165) is 18.4 Å². The van der Waals surface area contributed by atoms with Crippen LogP contribution < -0.4 is 0 Å². The molecule has 0 heterocycles. The topological polar surface area (TPSA) is 29.5 Å². The second-order valence-electron chi connectivity index (χ2n) is 14.5. The van der Waals surface area contributed by atoms with Crippen molar-refractivity contribution in [3.05, 3.63) is 96.1 Å². The van der Waals surface area contributed by atoms with E-state index in [-0.39, 0.29) is 11.1 Å². The number of unbranched alkanes of at least 4 members (excludes halogenated alkanes) is 10. The van der Waals surface area contributed by atoms with E-state index in [1.54, 1.807) is 6.08 Å². The van der Waals surface area contributed by atoms with E-state index >= 15 is 0 Å². The lowest BCUT2D eigenvalue weighted by Crippen LogP contribution is -2.41. The maximum absolute atomic E-state index is 9.84. The Balaban J connectivity index is 0.000000472. The van der Waals surface area contributed by atoms with Crippen molar-refractivity contribution in [1.29, 1.82) is 0 Å². The van der Waals surface area contributed by atoms with Gasteiger partial charge in [-0.1, -0.05) is 160 Å². The van der Waals surface area contributed by atoms with Crippen molar-refractivity contribution in [3.8, 4) is 0 Å². The molecule has 2 atom stereocenters. The summed E-state index contributed by atoms with van der Waals surface area (Å²) in [5.41, 5.74) is 5.12. The Morgan fingerprint density at radius 1 is 0.644 bits per heavy atom. The number of aliphatic hydroxyl groups excluding tert-OH is 1. The third-order valence-corrected chi connectivity index (χ3v) is 13.9. The molecule has 3 heteroatoms. The fourth-order valence-corrected chi connectivity index (χ4v) is 6.55. The van der Waals surface area contributed by atoms with Gasteiger partial charge < -0.3 is 9.53 Å². The minimum Gasteiger partial charge on any atom is -0.410 e. The summed E-state index contributed by atoms with van der Waals surface area (Å²) in [6.45, 7) is 23.7. The second-order valence-corrected chi connectivity index (χ2v) is 19.2. The number of hydrogen-bond acceptors (Lipinski definition) is 2. The van der Waals surface area contributed by atoms with Crippen LogP contribution >= 0.6 is 0 Å². The summed E-state index contributed by atoms with van der Waals surface area (Å²) in [4.78, 5) is 0. The highest BCUT2D eigenvalue weighted by molar-refractivity contribution is 6.74. The molecule has 2 unspecified atom stereocenters. The Labute approximate surface area is 280 Å². The highest BCUT2D eigenvalue weighted by atomic mass is 28.4. The summed E-state index contributed by atoms with van der Waals surface area (Å²) in [5.74, 6) is 0. The summed E-state index contributed by atoms with van der Waals surface area (Å²) < 4.78 is 6.67. The SMILES string of the molecule is C=CCC(O)c1ccc(CCCCCCCC)cc1.C=CCC(O[Si](C)(C)C(C)(C)C)c1ccc(CCCCCCCC)cc1. The first kappa shape index (κ1) is 41.1. The van der Waals surface area contributed by atoms with Gasteiger partial charge in [0.05, 0.1) is 12.2 Å². The van der Waals surface area contributed by atoms with Crippen LogP contribution in [0, 0.1) is 0 Å². The van der Waals surface area contributed by atoms with Crippen LogP contribution in [0.3, 0.4) is 0 Å². The highest BCUT2D eigenvalue weighted by Gasteiger charge is 2.39. The van der Waals surface area contributed by atoms with Crippen LogP contribution in [0.15, 0.2) is 73.8 Å². The third kappa shape index (κ3) is 17.5. The predicted octanol–water partition coefficient (Wildman–Crippen LogP) is 13.4. The lowest BCUT2D eigenvalue weighted by atomic mass is 10.0. The molecule has 0 amide bonds. The zero-order valence-electron chi connectivity index (χ0n) is 30.5. The van der Waals surface area contributed by atoms with E-state index in [1.165, 1.54) is 100 Å². The average molecular weight is 635 g/mol. The summed E-state index contributed by atoms with van der Waals surface area (Å²) in [7, 11) is -1.79. The fraction of sp³-hybridized carbons (Fsp3) is 0.619. The van der Waals surface area contributed by atoms with Crippen LogP contribution in [0.2, 0.25) is 18.1 Å². The van der Waals surface area contributed by atoms with Crippen molar-refractivity contribution in [2.75, 3.05) is 0 Å². The van der Waals surface area contributed by atoms with Crippen LogP contribution in [0.4, 0.5) is 0 Å². The molecule has 0 aromatic heterocycles. The molecule has 254 valence electrons. The quantitative estimate of drug-likeness (QED) is 0.0793. The minimum atomic E-state index is -1.79. The van der Waals surface area contributed by atoms with Gasteiger partial charge in [-0.25, -0.2) is 0 Å². The molecule has 2 aromatic carbocycles. The molecule has 45 heavy (non-hydrogen) atoms. The van der Waals surface area contributed by atoms with Gasteiger partial charge in [0.15, 0.2) is 8.32 Å². The maximum atomic E-state index is 9.84. The van der Waals surface area contributed by atoms with Gasteiger partial charge in [-0.15, -0.1) is 13.2 Å². The van der Waals surface area contributed by atoms with Crippen molar-refractivity contribution < 1.29 is 9.53 Å². The molecule has 0 fully saturated rings. The number of benzene rings is 2. The zero-order valence-corrected chi connectivity index (χ0v) is 31.5. The molecule has 2 rings (SSSR count). The Bertz CT molecular complexity index is 1020. The number of hydrogen-bond donors (Lipinski definition) is 1. The van der Waals surface area contributed by atoms with Crippen molar-refractivity contribution in [3.63, 3.8) is 0 Å². The van der Waals surface area contributed by atoms with Crippen LogP contribution in [0.25, 0.3) is 0 Å². The van der Waals surface area contributed by atoms with Gasteiger partial charge in [0.2, 0.25) is 0 Å². The van der Waals surface area contributed by atoms with E-state index in [9.17, 15) is 5.11 Å². The predicted molar refractivity (Wildman–Crippen MR) is 203 cm³/mol. The van der Waals surface area contributed by atoms with E-state index < -0.39 is 14.4 Å². The molecule has 0 saturated carbocycles. The Morgan fingerprint density at radius 2 is 1.04 bits per heavy atom. The van der Waals surface area contributed by atoms with Crippen molar-refractivity contribution in [2.24, 2.45) is 0 Å². The summed E-state index contributed by atoms with van der Waals surface area (Å²) in [5, 5.41) is 10.1. The van der Waals surface area contributed by atoms with Crippen LogP contribution in [0.5, 0.6) is 0 Å². The van der Waals surface area contributed by atoms with Gasteiger partial charge in [0.25, 0.3) is 0 Å². The van der Waals surface area contributed by atoms with Crippen molar-refractivity contribution in [2.45, 2.75) is 168 Å². The molecule has 2 aromatic rings. The molecular weight excluding hydrogens is 565 g/mol. The lowest BCUT2D eigenvalue weighted by molar-refractivity contribution is 0.181. The first-order chi connectivity index (χ1) is 21.5. The first-order valence-electron chi connectivity index (χ1n) is 18.2. The summed E-state index contributed by atoms with van der Waals surface area (Å²) in [6, 6.07) is 17.5. The van der Waals surface area contributed by atoms with Crippen molar-refractivity contribution in [1.82, 2.24) is 0 Å². The first-order valence-corrected chi connectivity index (χ1v) is 21.1.